The highest BCUT2D eigenvalue weighted by Crippen LogP contribution is 2.16. The van der Waals surface area contributed by atoms with E-state index in [9.17, 15) is 13.2 Å². The Labute approximate surface area is 180 Å². The van der Waals surface area contributed by atoms with E-state index >= 15 is 0 Å². The summed E-state index contributed by atoms with van der Waals surface area (Å²) in [5.41, 5.74) is 2.73. The highest BCUT2D eigenvalue weighted by atomic mass is 19.4. The summed E-state index contributed by atoms with van der Waals surface area (Å²) in [4.78, 5) is 4.20. The van der Waals surface area contributed by atoms with Gasteiger partial charge in [0.05, 0.1) is 13.2 Å². The van der Waals surface area contributed by atoms with Crippen LogP contribution >= 0.6 is 0 Å². The van der Waals surface area contributed by atoms with Crippen molar-refractivity contribution in [2.24, 2.45) is 4.99 Å². The van der Waals surface area contributed by atoms with Gasteiger partial charge in [0.15, 0.2) is 5.96 Å². The monoisotopic (exact) mass is 439 g/mol. The van der Waals surface area contributed by atoms with Crippen molar-refractivity contribution in [3.05, 3.63) is 65.2 Å². The SMILES string of the molecule is CN=C(NCc1ccc(COCC(F)(F)F)cc1)NCc1ccc(OCCOC)cc1. The number of nitrogens with zero attached hydrogens (tertiary/aromatic N) is 1. The lowest BCUT2D eigenvalue weighted by molar-refractivity contribution is -0.176. The Morgan fingerprint density at radius 2 is 1.42 bits per heavy atom. The van der Waals surface area contributed by atoms with E-state index in [1.165, 1.54) is 0 Å². The molecule has 2 aromatic rings. The third-order valence-corrected chi connectivity index (χ3v) is 4.18. The van der Waals surface area contributed by atoms with Crippen LogP contribution in [0.2, 0.25) is 0 Å². The Kier molecular flexibility index (Phi) is 10.1. The molecule has 0 fully saturated rings. The molecule has 0 radical (unpaired) electrons. The molecule has 0 aliphatic rings. The molecule has 0 heterocycles. The second kappa shape index (κ2) is 12.8. The summed E-state index contributed by atoms with van der Waals surface area (Å²) in [6, 6.07) is 14.9. The maximum absolute atomic E-state index is 12.1. The molecule has 0 aliphatic carbocycles. The van der Waals surface area contributed by atoms with Crippen molar-refractivity contribution in [2.75, 3.05) is 34.0 Å². The van der Waals surface area contributed by atoms with E-state index in [4.69, 9.17) is 9.47 Å². The summed E-state index contributed by atoms with van der Waals surface area (Å²) in [6.45, 7) is 0.837. The molecular formula is C22H28F3N3O3. The van der Waals surface area contributed by atoms with Crippen LogP contribution in [0.4, 0.5) is 13.2 Å². The molecule has 6 nitrogen and oxygen atoms in total. The van der Waals surface area contributed by atoms with Crippen molar-refractivity contribution in [1.29, 1.82) is 0 Å². The lowest BCUT2D eigenvalue weighted by atomic mass is 10.1. The molecule has 0 saturated carbocycles. The molecule has 9 heteroatoms. The zero-order valence-corrected chi connectivity index (χ0v) is 17.7. The smallest absolute Gasteiger partial charge is 0.411 e. The van der Waals surface area contributed by atoms with Gasteiger partial charge < -0.3 is 24.8 Å². The van der Waals surface area contributed by atoms with Gasteiger partial charge in [0.1, 0.15) is 19.0 Å². The molecule has 0 spiro atoms. The van der Waals surface area contributed by atoms with Gasteiger partial charge in [-0.05, 0) is 28.8 Å². The number of guanidine groups is 1. The fraction of sp³-hybridized carbons (Fsp3) is 0.409. The first-order valence-electron chi connectivity index (χ1n) is 9.77. The number of aliphatic imine (C=N–C) groups is 1. The molecule has 0 saturated heterocycles. The van der Waals surface area contributed by atoms with Crippen molar-refractivity contribution < 1.29 is 27.4 Å². The summed E-state index contributed by atoms with van der Waals surface area (Å²) in [5, 5.41) is 6.44. The fourth-order valence-electron chi connectivity index (χ4n) is 2.58. The topological polar surface area (TPSA) is 64.1 Å². The maximum atomic E-state index is 12.1. The Morgan fingerprint density at radius 3 is 1.94 bits per heavy atom. The average Bonchev–Trinajstić information content (AvgIpc) is 2.75. The largest absolute Gasteiger partial charge is 0.491 e. The van der Waals surface area contributed by atoms with Crippen LogP contribution in [0.15, 0.2) is 53.5 Å². The number of alkyl halides is 3. The van der Waals surface area contributed by atoms with E-state index in [1.807, 2.05) is 36.4 Å². The van der Waals surface area contributed by atoms with Crippen molar-refractivity contribution in [3.63, 3.8) is 0 Å². The molecule has 0 aromatic heterocycles. The summed E-state index contributed by atoms with van der Waals surface area (Å²) in [7, 11) is 3.31. The Morgan fingerprint density at radius 1 is 0.871 bits per heavy atom. The number of halogens is 3. The van der Waals surface area contributed by atoms with Gasteiger partial charge in [-0.2, -0.15) is 13.2 Å². The van der Waals surface area contributed by atoms with Crippen molar-refractivity contribution in [1.82, 2.24) is 10.6 Å². The van der Waals surface area contributed by atoms with Gasteiger partial charge in [0.2, 0.25) is 0 Å². The lowest BCUT2D eigenvalue weighted by Gasteiger charge is -2.13. The van der Waals surface area contributed by atoms with Gasteiger partial charge in [-0.15, -0.1) is 0 Å². The predicted octanol–water partition coefficient (Wildman–Crippen LogP) is 3.66. The van der Waals surface area contributed by atoms with Gasteiger partial charge in [0.25, 0.3) is 0 Å². The molecule has 0 amide bonds. The molecule has 31 heavy (non-hydrogen) atoms. The van der Waals surface area contributed by atoms with Gasteiger partial charge >= 0.3 is 6.18 Å². The number of benzene rings is 2. The van der Waals surface area contributed by atoms with E-state index in [-0.39, 0.29) is 6.61 Å². The second-order valence-electron chi connectivity index (χ2n) is 6.69. The normalized spacial score (nSPS) is 12.0. The molecule has 0 aliphatic heterocycles. The minimum absolute atomic E-state index is 0.0767. The lowest BCUT2D eigenvalue weighted by Crippen LogP contribution is -2.36. The fourth-order valence-corrected chi connectivity index (χ4v) is 2.58. The second-order valence-corrected chi connectivity index (χ2v) is 6.69. The molecule has 2 aromatic carbocycles. The first-order chi connectivity index (χ1) is 14.9. The predicted molar refractivity (Wildman–Crippen MR) is 113 cm³/mol. The van der Waals surface area contributed by atoms with Gasteiger partial charge in [-0.25, -0.2) is 0 Å². The zero-order chi connectivity index (χ0) is 22.5. The third-order valence-electron chi connectivity index (χ3n) is 4.18. The van der Waals surface area contributed by atoms with Gasteiger partial charge in [-0.1, -0.05) is 36.4 Å². The molecule has 0 unspecified atom stereocenters. The first kappa shape index (κ1) is 24.5. The van der Waals surface area contributed by atoms with Gasteiger partial charge in [0, 0.05) is 27.2 Å². The minimum atomic E-state index is -4.31. The Bertz CT molecular complexity index is 794. The first-order valence-corrected chi connectivity index (χ1v) is 9.77. The highest BCUT2D eigenvalue weighted by molar-refractivity contribution is 5.79. The van der Waals surface area contributed by atoms with E-state index in [1.54, 1.807) is 26.3 Å². The van der Waals surface area contributed by atoms with Crippen LogP contribution in [0, 0.1) is 0 Å². The maximum Gasteiger partial charge on any atom is 0.411 e. The molecule has 2 rings (SSSR count). The minimum Gasteiger partial charge on any atom is -0.491 e. The Balaban J connectivity index is 1.73. The molecule has 0 atom stereocenters. The van der Waals surface area contributed by atoms with Crippen LogP contribution in [0.3, 0.4) is 0 Å². The number of nitrogens with one attached hydrogen (secondary N) is 2. The molecule has 170 valence electrons. The summed E-state index contributed by atoms with van der Waals surface area (Å²) in [5.74, 6) is 1.42. The zero-order valence-electron chi connectivity index (χ0n) is 17.7. The van der Waals surface area contributed by atoms with Gasteiger partial charge in [-0.3, -0.25) is 4.99 Å². The van der Waals surface area contributed by atoms with E-state index < -0.39 is 12.8 Å². The average molecular weight is 439 g/mol. The van der Waals surface area contributed by atoms with E-state index in [0.717, 1.165) is 16.9 Å². The number of hydrogen-bond acceptors (Lipinski definition) is 4. The molecule has 0 bridgehead atoms. The standard InChI is InChI=1S/C22H28F3N3O3/c1-26-21(28-14-18-7-9-20(10-8-18)31-12-11-29-2)27-13-17-3-5-19(6-4-17)15-30-16-22(23,24)25/h3-10H,11-16H2,1-2H3,(H2,26,27,28). The van der Waals surface area contributed by atoms with E-state index in [2.05, 4.69) is 20.4 Å². The van der Waals surface area contributed by atoms with Crippen LogP contribution in [0.1, 0.15) is 16.7 Å². The quantitative estimate of drug-likeness (QED) is 0.318. The highest BCUT2D eigenvalue weighted by Gasteiger charge is 2.27. The summed E-state index contributed by atoms with van der Waals surface area (Å²) >= 11 is 0. The molecular weight excluding hydrogens is 411 g/mol. The summed E-state index contributed by atoms with van der Waals surface area (Å²) in [6.07, 6.45) is -4.31. The van der Waals surface area contributed by atoms with Crippen LogP contribution in [-0.4, -0.2) is 46.1 Å². The van der Waals surface area contributed by atoms with Crippen LogP contribution < -0.4 is 15.4 Å². The van der Waals surface area contributed by atoms with Crippen LogP contribution in [-0.2, 0) is 29.2 Å². The van der Waals surface area contributed by atoms with E-state index in [0.29, 0.717) is 37.8 Å². The van der Waals surface area contributed by atoms with Crippen molar-refractivity contribution in [2.45, 2.75) is 25.9 Å². The number of methoxy groups -OCH3 is 1. The van der Waals surface area contributed by atoms with Crippen molar-refractivity contribution >= 4 is 5.96 Å². The van der Waals surface area contributed by atoms with Crippen LogP contribution in [0.25, 0.3) is 0 Å². The van der Waals surface area contributed by atoms with Crippen LogP contribution in [0.5, 0.6) is 5.75 Å². The summed E-state index contributed by atoms with van der Waals surface area (Å²) < 4.78 is 51.5. The third kappa shape index (κ3) is 10.2. The number of hydrogen-bond donors (Lipinski definition) is 2. The number of ether oxygens (including phenoxy) is 3. The number of rotatable bonds is 11. The van der Waals surface area contributed by atoms with Crippen molar-refractivity contribution in [3.8, 4) is 5.75 Å². The Hall–Kier alpha value is -2.78. The molecule has 2 N–H and O–H groups in total.